The lowest BCUT2D eigenvalue weighted by molar-refractivity contribution is -0.141. The van der Waals surface area contributed by atoms with E-state index >= 15 is 0 Å². The number of benzene rings is 1. The third-order valence-electron chi connectivity index (χ3n) is 8.15. The highest BCUT2D eigenvalue weighted by Crippen LogP contribution is 2.32. The first-order chi connectivity index (χ1) is 20.7. The van der Waals surface area contributed by atoms with E-state index in [-0.39, 0.29) is 22.7 Å². The number of nitrogens with one attached hydrogen (secondary N) is 1. The zero-order chi connectivity index (χ0) is 30.1. The van der Waals surface area contributed by atoms with Gasteiger partial charge in [0.25, 0.3) is 5.91 Å². The fourth-order valence-corrected chi connectivity index (χ4v) is 6.13. The lowest BCUT2D eigenvalue weighted by Gasteiger charge is -2.29. The number of hydrogen-bond donors (Lipinski definition) is 1. The zero-order valence-corrected chi connectivity index (χ0v) is 23.9. The average Bonchev–Trinajstić information content (AvgIpc) is 3.28. The highest BCUT2D eigenvalue weighted by atomic mass is 35.5. The molecule has 1 aliphatic carbocycles. The van der Waals surface area contributed by atoms with Gasteiger partial charge in [0.1, 0.15) is 5.82 Å². The summed E-state index contributed by atoms with van der Waals surface area (Å²) in [4.78, 5) is 36.7. The van der Waals surface area contributed by atoms with E-state index in [1.165, 1.54) is 0 Å². The van der Waals surface area contributed by atoms with E-state index in [1.807, 2.05) is 36.4 Å². The number of morpholine rings is 1. The van der Waals surface area contributed by atoms with Crippen molar-refractivity contribution in [1.82, 2.24) is 24.4 Å². The minimum Gasteiger partial charge on any atom is -0.378 e. The number of anilines is 1. The summed E-state index contributed by atoms with van der Waals surface area (Å²) in [6.45, 7) is 3.34. The predicted molar refractivity (Wildman–Crippen MR) is 156 cm³/mol. The van der Waals surface area contributed by atoms with Crippen LogP contribution in [0.5, 0.6) is 0 Å². The van der Waals surface area contributed by atoms with E-state index in [0.717, 1.165) is 42.2 Å². The SMILES string of the molecule is O=C(N[C@H]1CC[C@H](Cn2c(=O)n(-c3ccc(N4CCOCC4)nc3)c3ccccc32)CC1)c1cc(Cl)cnc1C(F)(F)F. The number of halogens is 4. The summed E-state index contributed by atoms with van der Waals surface area (Å²) in [6, 6.07) is 12.2. The number of hydrogen-bond acceptors (Lipinski definition) is 6. The molecule has 226 valence electrons. The van der Waals surface area contributed by atoms with Crippen molar-refractivity contribution >= 4 is 34.4 Å². The molecular formula is C30H30ClF3N6O3. The molecule has 1 aromatic carbocycles. The molecule has 43 heavy (non-hydrogen) atoms. The van der Waals surface area contributed by atoms with Crippen LogP contribution in [0.4, 0.5) is 19.0 Å². The monoisotopic (exact) mass is 614 g/mol. The molecule has 0 bridgehead atoms. The van der Waals surface area contributed by atoms with E-state index in [4.69, 9.17) is 16.3 Å². The van der Waals surface area contributed by atoms with Crippen LogP contribution in [0.3, 0.4) is 0 Å². The van der Waals surface area contributed by atoms with Crippen LogP contribution in [0.25, 0.3) is 16.7 Å². The molecule has 4 aromatic rings. The maximum atomic E-state index is 13.8. The molecule has 1 N–H and O–H groups in total. The molecule has 6 rings (SSSR count). The zero-order valence-electron chi connectivity index (χ0n) is 23.2. The Kier molecular flexibility index (Phi) is 8.15. The number of nitrogens with zero attached hydrogens (tertiary/aromatic N) is 5. The van der Waals surface area contributed by atoms with E-state index in [2.05, 4.69) is 20.2 Å². The summed E-state index contributed by atoms with van der Waals surface area (Å²) >= 11 is 5.84. The van der Waals surface area contributed by atoms with Crippen molar-refractivity contribution in [3.8, 4) is 5.69 Å². The topological polar surface area (TPSA) is 94.3 Å². The average molecular weight is 615 g/mol. The van der Waals surface area contributed by atoms with Gasteiger partial charge in [-0.05, 0) is 61.9 Å². The van der Waals surface area contributed by atoms with Crippen molar-refractivity contribution in [2.45, 2.75) is 44.4 Å². The number of carbonyl (C=O) groups is 1. The smallest absolute Gasteiger partial charge is 0.378 e. The maximum Gasteiger partial charge on any atom is 0.434 e. The van der Waals surface area contributed by atoms with Gasteiger partial charge in [-0.25, -0.2) is 14.8 Å². The Hall–Kier alpha value is -3.90. The number of aromatic nitrogens is 4. The standard InChI is InChI=1S/C30H30ClF3N6O3/c31-20-15-23(27(36-16-20)30(32,33)34)28(41)37-21-7-5-19(6-8-21)18-39-24-3-1-2-4-25(24)40(29(39)42)22-9-10-26(35-17-22)38-11-13-43-14-12-38/h1-4,9-10,15-17,19,21H,5-8,11-14,18H2,(H,37,41)/t19-,21-. The third kappa shape index (κ3) is 6.12. The maximum absolute atomic E-state index is 13.8. The van der Waals surface area contributed by atoms with Crippen LogP contribution < -0.4 is 15.9 Å². The van der Waals surface area contributed by atoms with Crippen molar-refractivity contribution in [2.75, 3.05) is 31.2 Å². The van der Waals surface area contributed by atoms with Crippen molar-refractivity contribution in [1.29, 1.82) is 0 Å². The lowest BCUT2D eigenvalue weighted by atomic mass is 9.85. The molecule has 0 radical (unpaired) electrons. The third-order valence-corrected chi connectivity index (χ3v) is 8.36. The van der Waals surface area contributed by atoms with Crippen molar-refractivity contribution < 1.29 is 22.7 Å². The van der Waals surface area contributed by atoms with Crippen molar-refractivity contribution in [3.05, 3.63) is 81.6 Å². The number of ether oxygens (including phenoxy) is 1. The number of pyridine rings is 2. The van der Waals surface area contributed by atoms with E-state index in [9.17, 15) is 22.8 Å². The van der Waals surface area contributed by atoms with Gasteiger partial charge in [-0.1, -0.05) is 23.7 Å². The Morgan fingerprint density at radius 3 is 2.40 bits per heavy atom. The second-order valence-electron chi connectivity index (χ2n) is 10.9. The van der Waals surface area contributed by atoms with Crippen molar-refractivity contribution in [2.24, 2.45) is 5.92 Å². The summed E-state index contributed by atoms with van der Waals surface area (Å²) in [5.74, 6) is 0.151. The molecule has 1 saturated heterocycles. The number of para-hydroxylation sites is 2. The molecule has 0 unspecified atom stereocenters. The van der Waals surface area contributed by atoms with Gasteiger partial charge in [-0.3, -0.25) is 13.9 Å². The second-order valence-corrected chi connectivity index (χ2v) is 11.4. The summed E-state index contributed by atoms with van der Waals surface area (Å²) < 4.78 is 49.1. The Morgan fingerprint density at radius 2 is 1.72 bits per heavy atom. The molecule has 9 nitrogen and oxygen atoms in total. The van der Waals surface area contributed by atoms with Crippen LogP contribution in [-0.2, 0) is 17.5 Å². The lowest BCUT2D eigenvalue weighted by Crippen LogP contribution is -2.39. The van der Waals surface area contributed by atoms with Gasteiger partial charge in [0, 0.05) is 31.9 Å². The summed E-state index contributed by atoms with van der Waals surface area (Å²) in [5.41, 5.74) is 0.264. The normalized spacial score (nSPS) is 19.5. The minimum atomic E-state index is -4.78. The number of amides is 1. The molecule has 0 atom stereocenters. The largest absolute Gasteiger partial charge is 0.434 e. The molecule has 2 fully saturated rings. The van der Waals surface area contributed by atoms with Gasteiger partial charge in [0.05, 0.1) is 46.7 Å². The van der Waals surface area contributed by atoms with Crippen LogP contribution in [0.15, 0.2) is 59.7 Å². The van der Waals surface area contributed by atoms with Gasteiger partial charge in [0.15, 0.2) is 5.69 Å². The van der Waals surface area contributed by atoms with Gasteiger partial charge in [-0.2, -0.15) is 13.2 Å². The number of imidazole rings is 1. The summed E-state index contributed by atoms with van der Waals surface area (Å²) in [5, 5.41) is 2.68. The van der Waals surface area contributed by atoms with Gasteiger partial charge in [0.2, 0.25) is 0 Å². The van der Waals surface area contributed by atoms with Crippen LogP contribution in [0.1, 0.15) is 41.7 Å². The highest BCUT2D eigenvalue weighted by molar-refractivity contribution is 6.30. The van der Waals surface area contributed by atoms with E-state index < -0.39 is 23.3 Å². The van der Waals surface area contributed by atoms with Gasteiger partial charge < -0.3 is 15.0 Å². The van der Waals surface area contributed by atoms with Crippen LogP contribution in [0.2, 0.25) is 5.02 Å². The first-order valence-corrected chi connectivity index (χ1v) is 14.6. The molecule has 2 aliphatic rings. The fraction of sp³-hybridized carbons (Fsp3) is 0.400. The highest BCUT2D eigenvalue weighted by Gasteiger charge is 2.38. The van der Waals surface area contributed by atoms with E-state index in [1.54, 1.807) is 15.3 Å². The molecule has 1 aliphatic heterocycles. The van der Waals surface area contributed by atoms with Gasteiger partial charge in [-0.15, -0.1) is 0 Å². The van der Waals surface area contributed by atoms with Gasteiger partial charge >= 0.3 is 11.9 Å². The fourth-order valence-electron chi connectivity index (χ4n) is 5.97. The van der Waals surface area contributed by atoms with E-state index in [0.29, 0.717) is 51.1 Å². The molecule has 1 amide bonds. The Morgan fingerprint density at radius 1 is 1.00 bits per heavy atom. The predicted octanol–water partition coefficient (Wildman–Crippen LogP) is 5.08. The first kappa shape index (κ1) is 29.2. The molecule has 3 aromatic heterocycles. The number of fused-ring (bicyclic) bond motifs is 1. The molecular weight excluding hydrogens is 585 g/mol. The van der Waals surface area contributed by atoms with Crippen LogP contribution in [-0.4, -0.2) is 57.4 Å². The Balaban J connectivity index is 1.15. The Labute approximate surface area is 250 Å². The summed E-state index contributed by atoms with van der Waals surface area (Å²) in [6.07, 6.45) is 0.373. The van der Waals surface area contributed by atoms with Crippen molar-refractivity contribution in [3.63, 3.8) is 0 Å². The number of rotatable bonds is 6. The first-order valence-electron chi connectivity index (χ1n) is 14.2. The number of carbonyl (C=O) groups excluding carboxylic acids is 1. The van der Waals surface area contributed by atoms with Crippen LogP contribution >= 0.6 is 11.6 Å². The molecule has 1 saturated carbocycles. The quantitative estimate of drug-likeness (QED) is 0.326. The molecule has 4 heterocycles. The number of alkyl halides is 3. The summed E-state index contributed by atoms with van der Waals surface area (Å²) in [7, 11) is 0. The van der Waals surface area contributed by atoms with Crippen LogP contribution in [0, 0.1) is 5.92 Å². The molecule has 0 spiro atoms. The minimum absolute atomic E-state index is 0.0460. The Bertz CT molecular complexity index is 1670. The second kappa shape index (κ2) is 12.0. The molecule has 13 heteroatoms.